The summed E-state index contributed by atoms with van der Waals surface area (Å²) in [6, 6.07) is 8.36. The monoisotopic (exact) mass is 281 g/mol. The average molecular weight is 281 g/mol. The first-order chi connectivity index (χ1) is 8.93. The van der Waals surface area contributed by atoms with Gasteiger partial charge in [-0.15, -0.1) is 4.31 Å². The van der Waals surface area contributed by atoms with Crippen LogP contribution in [-0.2, 0) is 11.4 Å². The number of nitrogens with zero attached hydrogens (tertiary/aromatic N) is 1. The molecule has 19 heavy (non-hydrogen) atoms. The van der Waals surface area contributed by atoms with Crippen molar-refractivity contribution in [3.8, 4) is 5.75 Å². The van der Waals surface area contributed by atoms with E-state index in [0.29, 0.717) is 0 Å². The molecule has 1 saturated heterocycles. The zero-order chi connectivity index (χ0) is 14.0. The highest BCUT2D eigenvalue weighted by molar-refractivity contribution is 7.90. The van der Waals surface area contributed by atoms with Crippen molar-refractivity contribution >= 4 is 11.4 Å². The van der Waals surface area contributed by atoms with E-state index in [-0.39, 0.29) is 10.8 Å². The molecule has 1 aliphatic rings. The molecule has 0 N–H and O–H groups in total. The van der Waals surface area contributed by atoms with Crippen LogP contribution in [0.2, 0.25) is 0 Å². The summed E-state index contributed by atoms with van der Waals surface area (Å²) >= 11 is -0.959. The van der Waals surface area contributed by atoms with Crippen LogP contribution in [-0.4, -0.2) is 27.3 Å². The second-order valence-electron chi connectivity index (χ2n) is 5.94. The van der Waals surface area contributed by atoms with Crippen LogP contribution < -0.4 is 4.74 Å². The Bertz CT molecular complexity index is 430. The fraction of sp³-hybridized carbons (Fsp3) is 0.600. The molecule has 2 rings (SSSR count). The minimum Gasteiger partial charge on any atom is -0.597 e. The van der Waals surface area contributed by atoms with Gasteiger partial charge in [0.15, 0.2) is 0 Å². The van der Waals surface area contributed by atoms with E-state index < -0.39 is 11.4 Å². The molecule has 0 saturated carbocycles. The van der Waals surface area contributed by atoms with Crippen molar-refractivity contribution in [2.75, 3.05) is 13.7 Å². The van der Waals surface area contributed by atoms with Gasteiger partial charge in [0.25, 0.3) is 0 Å². The molecule has 1 aromatic rings. The molecule has 1 unspecified atom stereocenters. The maximum Gasteiger partial charge on any atom is 0.137 e. The Morgan fingerprint density at radius 1 is 1.37 bits per heavy atom. The van der Waals surface area contributed by atoms with Gasteiger partial charge in [0.2, 0.25) is 0 Å². The van der Waals surface area contributed by atoms with Crippen LogP contribution in [0.4, 0.5) is 0 Å². The van der Waals surface area contributed by atoms with Crippen molar-refractivity contribution in [3.05, 3.63) is 29.8 Å². The lowest BCUT2D eigenvalue weighted by atomic mass is 10.1. The van der Waals surface area contributed by atoms with Crippen LogP contribution in [0.3, 0.4) is 0 Å². The quantitative estimate of drug-likeness (QED) is 0.798. The van der Waals surface area contributed by atoms with Gasteiger partial charge in [-0.25, -0.2) is 0 Å². The molecule has 1 aliphatic heterocycles. The van der Waals surface area contributed by atoms with Gasteiger partial charge in [0, 0.05) is 17.9 Å². The van der Waals surface area contributed by atoms with Gasteiger partial charge in [-0.05, 0) is 51.3 Å². The van der Waals surface area contributed by atoms with Gasteiger partial charge in [-0.3, -0.25) is 0 Å². The summed E-state index contributed by atoms with van der Waals surface area (Å²) in [5.41, 5.74) is 1.20. The molecular formula is C15H23NO2S. The first-order valence-corrected chi connectivity index (χ1v) is 7.87. The van der Waals surface area contributed by atoms with Crippen molar-refractivity contribution in [1.29, 1.82) is 0 Å². The SMILES string of the molecule is COc1cccc([C@@H]2CCCN2[S+]([O-])C(C)(C)C)c1. The lowest BCUT2D eigenvalue weighted by Gasteiger charge is -2.33. The van der Waals surface area contributed by atoms with E-state index in [1.807, 2.05) is 32.9 Å². The van der Waals surface area contributed by atoms with E-state index >= 15 is 0 Å². The molecule has 0 radical (unpaired) electrons. The molecule has 4 heteroatoms. The largest absolute Gasteiger partial charge is 0.597 e. The van der Waals surface area contributed by atoms with Crippen LogP contribution in [0.1, 0.15) is 45.2 Å². The van der Waals surface area contributed by atoms with Crippen molar-refractivity contribution in [2.45, 2.75) is 44.4 Å². The van der Waals surface area contributed by atoms with Crippen molar-refractivity contribution in [1.82, 2.24) is 4.31 Å². The average Bonchev–Trinajstić information content (AvgIpc) is 2.85. The summed E-state index contributed by atoms with van der Waals surface area (Å²) in [7, 11) is 1.68. The molecule has 0 spiro atoms. The Kier molecular flexibility index (Phi) is 4.43. The smallest absolute Gasteiger partial charge is 0.137 e. The Balaban J connectivity index is 2.23. The number of hydrogen-bond acceptors (Lipinski definition) is 3. The second-order valence-corrected chi connectivity index (χ2v) is 8.13. The van der Waals surface area contributed by atoms with Crippen LogP contribution in [0.25, 0.3) is 0 Å². The highest BCUT2D eigenvalue weighted by Crippen LogP contribution is 2.38. The zero-order valence-corrected chi connectivity index (χ0v) is 13.0. The molecule has 3 nitrogen and oxygen atoms in total. The van der Waals surface area contributed by atoms with Gasteiger partial charge in [0.05, 0.1) is 13.2 Å². The first-order valence-electron chi connectivity index (χ1n) is 6.76. The molecule has 1 aromatic carbocycles. The molecular weight excluding hydrogens is 258 g/mol. The second kappa shape index (κ2) is 5.73. The van der Waals surface area contributed by atoms with Gasteiger partial charge in [-0.1, -0.05) is 12.1 Å². The molecule has 2 atom stereocenters. The fourth-order valence-corrected chi connectivity index (χ4v) is 3.93. The molecule has 0 amide bonds. The predicted octanol–water partition coefficient (Wildman–Crippen LogP) is 3.29. The van der Waals surface area contributed by atoms with Gasteiger partial charge in [-0.2, -0.15) is 0 Å². The Morgan fingerprint density at radius 3 is 2.74 bits per heavy atom. The minimum absolute atomic E-state index is 0.207. The molecule has 0 aliphatic carbocycles. The van der Waals surface area contributed by atoms with E-state index in [9.17, 15) is 4.55 Å². The Morgan fingerprint density at radius 2 is 2.11 bits per heavy atom. The predicted molar refractivity (Wildman–Crippen MR) is 79.6 cm³/mol. The van der Waals surface area contributed by atoms with Crippen LogP contribution in [0.15, 0.2) is 24.3 Å². The van der Waals surface area contributed by atoms with Crippen molar-refractivity contribution < 1.29 is 9.29 Å². The van der Waals surface area contributed by atoms with E-state index in [0.717, 1.165) is 25.1 Å². The third kappa shape index (κ3) is 3.25. The van der Waals surface area contributed by atoms with Crippen molar-refractivity contribution in [3.63, 3.8) is 0 Å². The summed E-state index contributed by atoms with van der Waals surface area (Å²) in [5.74, 6) is 0.867. The number of rotatable bonds is 3. The third-order valence-corrected chi connectivity index (χ3v) is 5.33. The van der Waals surface area contributed by atoms with Crippen LogP contribution in [0.5, 0.6) is 5.75 Å². The maximum atomic E-state index is 12.6. The number of hydrogen-bond donors (Lipinski definition) is 0. The number of ether oxygens (including phenoxy) is 1. The molecule has 0 bridgehead atoms. The summed E-state index contributed by atoms with van der Waals surface area (Å²) < 4.78 is 19.8. The maximum absolute atomic E-state index is 12.6. The zero-order valence-electron chi connectivity index (χ0n) is 12.2. The summed E-state index contributed by atoms with van der Waals surface area (Å²) in [6.07, 6.45) is 2.17. The van der Waals surface area contributed by atoms with Gasteiger partial charge >= 0.3 is 0 Å². The highest BCUT2D eigenvalue weighted by atomic mass is 32.2. The molecule has 106 valence electrons. The lowest BCUT2D eigenvalue weighted by molar-refractivity contribution is 0.377. The number of benzene rings is 1. The van der Waals surface area contributed by atoms with Gasteiger partial charge < -0.3 is 9.29 Å². The molecule has 0 aromatic heterocycles. The Hall–Kier alpha value is -0.710. The van der Waals surface area contributed by atoms with Gasteiger partial charge in [0.1, 0.15) is 10.5 Å². The minimum atomic E-state index is -0.959. The van der Waals surface area contributed by atoms with Crippen LogP contribution in [0, 0.1) is 0 Å². The number of methoxy groups -OCH3 is 1. The van der Waals surface area contributed by atoms with E-state index in [2.05, 4.69) is 16.4 Å². The van der Waals surface area contributed by atoms with E-state index in [4.69, 9.17) is 4.74 Å². The van der Waals surface area contributed by atoms with E-state index in [1.54, 1.807) is 7.11 Å². The summed E-state index contributed by atoms with van der Waals surface area (Å²) in [4.78, 5) is 0. The fourth-order valence-electron chi connectivity index (χ4n) is 2.47. The highest BCUT2D eigenvalue weighted by Gasteiger charge is 2.41. The molecule has 1 fully saturated rings. The topological polar surface area (TPSA) is 35.5 Å². The van der Waals surface area contributed by atoms with E-state index in [1.165, 1.54) is 5.56 Å². The molecule has 1 heterocycles. The summed E-state index contributed by atoms with van der Waals surface area (Å²) in [5, 5.41) is 0. The normalized spacial score (nSPS) is 22.5. The Labute approximate surface area is 119 Å². The van der Waals surface area contributed by atoms with Crippen molar-refractivity contribution in [2.24, 2.45) is 0 Å². The first kappa shape index (κ1) is 14.7. The lowest BCUT2D eigenvalue weighted by Crippen LogP contribution is -2.42. The third-order valence-electron chi connectivity index (χ3n) is 3.42. The summed E-state index contributed by atoms with van der Waals surface area (Å²) in [6.45, 7) is 7.00. The standard InChI is InChI=1S/C15H23NO2S/c1-15(2,3)19(17)16-10-6-9-14(16)12-7-5-8-13(11-12)18-4/h5,7-8,11,14H,6,9-10H2,1-4H3/t14-,19?/m0/s1. The van der Waals surface area contributed by atoms with Crippen LogP contribution >= 0.6 is 0 Å².